The highest BCUT2D eigenvalue weighted by atomic mass is 32.1. The monoisotopic (exact) mass is 380 g/mol. The lowest BCUT2D eigenvalue weighted by Gasteiger charge is -2.29. The van der Waals surface area contributed by atoms with Crippen LogP contribution < -0.4 is 14.8 Å². The van der Waals surface area contributed by atoms with E-state index in [2.05, 4.69) is 11.4 Å². The van der Waals surface area contributed by atoms with E-state index in [9.17, 15) is 4.79 Å². The minimum atomic E-state index is -0.0512. The number of rotatable bonds is 3. The SMILES string of the molecule is O=C(Nc1ccc2c(c1)OCO2)[C@H]1CCCC[C@H]1c1nc2ccccc2s1. The van der Waals surface area contributed by atoms with Gasteiger partial charge in [0.25, 0.3) is 0 Å². The van der Waals surface area contributed by atoms with E-state index in [1.54, 1.807) is 11.3 Å². The molecule has 1 aromatic heterocycles. The van der Waals surface area contributed by atoms with E-state index >= 15 is 0 Å². The molecule has 0 bridgehead atoms. The first-order valence-corrected chi connectivity index (χ1v) is 10.2. The fourth-order valence-corrected chi connectivity index (χ4v) is 5.17. The van der Waals surface area contributed by atoms with Crippen LogP contribution in [0, 0.1) is 5.92 Å². The van der Waals surface area contributed by atoms with Crippen molar-refractivity contribution >= 4 is 33.1 Å². The molecule has 0 saturated heterocycles. The van der Waals surface area contributed by atoms with Crippen molar-refractivity contribution in [3.05, 3.63) is 47.5 Å². The molecule has 1 aliphatic heterocycles. The van der Waals surface area contributed by atoms with Crippen molar-refractivity contribution in [2.45, 2.75) is 31.6 Å². The second-order valence-corrected chi connectivity index (χ2v) is 8.14. The van der Waals surface area contributed by atoms with Gasteiger partial charge < -0.3 is 14.8 Å². The van der Waals surface area contributed by atoms with Crippen LogP contribution in [0.15, 0.2) is 42.5 Å². The Morgan fingerprint density at radius 3 is 2.85 bits per heavy atom. The summed E-state index contributed by atoms with van der Waals surface area (Å²) >= 11 is 1.72. The first-order valence-electron chi connectivity index (χ1n) is 9.34. The van der Waals surface area contributed by atoms with Crippen molar-refractivity contribution in [2.24, 2.45) is 5.92 Å². The number of carbonyl (C=O) groups is 1. The van der Waals surface area contributed by atoms with Crippen molar-refractivity contribution in [1.82, 2.24) is 4.98 Å². The summed E-state index contributed by atoms with van der Waals surface area (Å²) in [5.41, 5.74) is 1.77. The fraction of sp³-hybridized carbons (Fsp3) is 0.333. The zero-order valence-corrected chi connectivity index (χ0v) is 15.6. The Balaban J connectivity index is 1.39. The lowest BCUT2D eigenvalue weighted by molar-refractivity contribution is -0.121. The molecular weight excluding hydrogens is 360 g/mol. The molecule has 2 aliphatic rings. The lowest BCUT2D eigenvalue weighted by Crippen LogP contribution is -2.30. The van der Waals surface area contributed by atoms with E-state index in [0.717, 1.165) is 47.6 Å². The predicted octanol–water partition coefficient (Wildman–Crippen LogP) is 4.94. The molecule has 1 fully saturated rings. The summed E-state index contributed by atoms with van der Waals surface area (Å²) in [7, 11) is 0. The van der Waals surface area contributed by atoms with Crippen LogP contribution in [-0.2, 0) is 4.79 Å². The van der Waals surface area contributed by atoms with Crippen LogP contribution in [0.2, 0.25) is 0 Å². The average Bonchev–Trinajstić information content (AvgIpc) is 3.34. The molecule has 1 amide bonds. The van der Waals surface area contributed by atoms with Crippen LogP contribution in [0.4, 0.5) is 5.69 Å². The minimum absolute atomic E-state index is 0.0512. The number of thiazole rings is 1. The highest BCUT2D eigenvalue weighted by molar-refractivity contribution is 7.18. The van der Waals surface area contributed by atoms with Gasteiger partial charge in [0.2, 0.25) is 12.7 Å². The normalized spacial score (nSPS) is 21.3. The number of anilines is 1. The van der Waals surface area contributed by atoms with Gasteiger partial charge in [-0.3, -0.25) is 4.79 Å². The van der Waals surface area contributed by atoms with E-state index in [4.69, 9.17) is 14.5 Å². The van der Waals surface area contributed by atoms with Crippen molar-refractivity contribution in [3.8, 4) is 11.5 Å². The third-order valence-corrected chi connectivity index (χ3v) is 6.54. The molecule has 2 atom stereocenters. The molecule has 1 aliphatic carbocycles. The number of para-hydroxylation sites is 1. The molecule has 0 spiro atoms. The average molecular weight is 380 g/mol. The zero-order chi connectivity index (χ0) is 18.2. The van der Waals surface area contributed by atoms with Crippen LogP contribution in [0.1, 0.15) is 36.6 Å². The van der Waals surface area contributed by atoms with Gasteiger partial charge in [-0.1, -0.05) is 25.0 Å². The lowest BCUT2D eigenvalue weighted by atomic mass is 9.79. The van der Waals surface area contributed by atoms with Gasteiger partial charge >= 0.3 is 0 Å². The van der Waals surface area contributed by atoms with Crippen molar-refractivity contribution < 1.29 is 14.3 Å². The number of amides is 1. The molecule has 5 nitrogen and oxygen atoms in total. The molecular formula is C21H20N2O3S. The summed E-state index contributed by atoms with van der Waals surface area (Å²) in [6, 6.07) is 13.7. The van der Waals surface area contributed by atoms with Gasteiger partial charge in [0.1, 0.15) is 0 Å². The smallest absolute Gasteiger partial charge is 0.231 e. The Hall–Kier alpha value is -2.60. The number of fused-ring (bicyclic) bond motifs is 2. The summed E-state index contributed by atoms with van der Waals surface area (Å²) in [6.45, 7) is 0.231. The molecule has 5 rings (SSSR count). The number of ether oxygens (including phenoxy) is 2. The Morgan fingerprint density at radius 1 is 1.07 bits per heavy atom. The van der Waals surface area contributed by atoms with E-state index < -0.39 is 0 Å². The number of aromatic nitrogens is 1. The van der Waals surface area contributed by atoms with E-state index in [1.165, 1.54) is 4.70 Å². The highest BCUT2D eigenvalue weighted by Gasteiger charge is 2.34. The maximum Gasteiger partial charge on any atom is 0.231 e. The number of nitrogens with one attached hydrogen (secondary N) is 1. The summed E-state index contributed by atoms with van der Waals surface area (Å²) in [6.07, 6.45) is 4.14. The van der Waals surface area contributed by atoms with Crippen LogP contribution >= 0.6 is 11.3 Å². The second-order valence-electron chi connectivity index (χ2n) is 7.07. The van der Waals surface area contributed by atoms with E-state index in [1.807, 2.05) is 36.4 Å². The van der Waals surface area contributed by atoms with Gasteiger partial charge in [-0.05, 0) is 37.1 Å². The van der Waals surface area contributed by atoms with E-state index in [-0.39, 0.29) is 24.5 Å². The molecule has 3 aromatic rings. The Morgan fingerprint density at radius 2 is 1.93 bits per heavy atom. The largest absolute Gasteiger partial charge is 0.454 e. The van der Waals surface area contributed by atoms with Gasteiger partial charge in [0.15, 0.2) is 11.5 Å². The molecule has 2 heterocycles. The quantitative estimate of drug-likeness (QED) is 0.699. The molecule has 0 radical (unpaired) electrons. The van der Waals surface area contributed by atoms with Gasteiger partial charge in [0.05, 0.1) is 15.2 Å². The topological polar surface area (TPSA) is 60.5 Å². The summed E-state index contributed by atoms with van der Waals surface area (Å²) < 4.78 is 11.9. The first kappa shape index (κ1) is 16.6. The van der Waals surface area contributed by atoms with Crippen molar-refractivity contribution in [1.29, 1.82) is 0 Å². The van der Waals surface area contributed by atoms with Crippen molar-refractivity contribution in [2.75, 3.05) is 12.1 Å². The predicted molar refractivity (Wildman–Crippen MR) is 106 cm³/mol. The summed E-state index contributed by atoms with van der Waals surface area (Å²) in [5, 5.41) is 4.16. The highest BCUT2D eigenvalue weighted by Crippen LogP contribution is 2.41. The van der Waals surface area contributed by atoms with E-state index in [0.29, 0.717) is 5.75 Å². The van der Waals surface area contributed by atoms with Crippen LogP contribution in [-0.4, -0.2) is 17.7 Å². The third-order valence-electron chi connectivity index (χ3n) is 5.37. The van der Waals surface area contributed by atoms with Gasteiger partial charge in [0, 0.05) is 23.6 Å². The summed E-state index contributed by atoms with van der Waals surface area (Å²) in [5.74, 6) is 1.60. The molecule has 2 aromatic carbocycles. The third kappa shape index (κ3) is 3.14. The maximum atomic E-state index is 13.1. The standard InChI is InChI=1S/C21H20N2O3S/c24-20(22-13-9-10-17-18(11-13)26-12-25-17)14-5-1-2-6-15(14)21-23-16-7-3-4-8-19(16)27-21/h3-4,7-11,14-15H,1-2,5-6,12H2,(H,22,24)/t14-,15+/m0/s1. The molecule has 1 saturated carbocycles. The number of nitrogens with zero attached hydrogens (tertiary/aromatic N) is 1. The number of hydrogen-bond donors (Lipinski definition) is 1. The fourth-order valence-electron chi connectivity index (χ4n) is 4.00. The zero-order valence-electron chi connectivity index (χ0n) is 14.8. The molecule has 6 heteroatoms. The number of benzene rings is 2. The molecule has 0 unspecified atom stereocenters. The van der Waals surface area contributed by atoms with Crippen LogP contribution in [0.25, 0.3) is 10.2 Å². The van der Waals surface area contributed by atoms with Crippen molar-refractivity contribution in [3.63, 3.8) is 0 Å². The molecule has 27 heavy (non-hydrogen) atoms. The Kier molecular flexibility index (Phi) is 4.20. The summed E-state index contributed by atoms with van der Waals surface area (Å²) in [4.78, 5) is 17.9. The Bertz CT molecular complexity index is 967. The number of carbonyl (C=O) groups excluding carboxylic acids is 1. The molecule has 1 N–H and O–H groups in total. The van der Waals surface area contributed by atoms with Crippen LogP contribution in [0.3, 0.4) is 0 Å². The minimum Gasteiger partial charge on any atom is -0.454 e. The molecule has 138 valence electrons. The van der Waals surface area contributed by atoms with Crippen LogP contribution in [0.5, 0.6) is 11.5 Å². The van der Waals surface area contributed by atoms with Gasteiger partial charge in [-0.2, -0.15) is 0 Å². The van der Waals surface area contributed by atoms with Gasteiger partial charge in [-0.15, -0.1) is 11.3 Å². The van der Waals surface area contributed by atoms with Gasteiger partial charge in [-0.25, -0.2) is 4.98 Å². The second kappa shape index (κ2) is 6.85. The number of hydrogen-bond acceptors (Lipinski definition) is 5. The first-order chi connectivity index (χ1) is 13.3. The maximum absolute atomic E-state index is 13.1. The Labute approximate surface area is 161 Å².